The number of hydrogen-bond acceptors (Lipinski definition) is 6. The van der Waals surface area contributed by atoms with E-state index in [0.29, 0.717) is 18.4 Å². The maximum Gasteiger partial charge on any atom is 0.416 e. The molecule has 2 aromatic heterocycles. The van der Waals surface area contributed by atoms with E-state index >= 15 is 0 Å². The van der Waals surface area contributed by atoms with E-state index < -0.39 is 52.9 Å². The molecule has 1 fully saturated rings. The minimum atomic E-state index is -4.60. The molecule has 0 saturated carbocycles. The molecule has 0 amide bonds. The quantitative estimate of drug-likeness (QED) is 0.0994. The van der Waals surface area contributed by atoms with Gasteiger partial charge in [0.05, 0.1) is 17.0 Å². The summed E-state index contributed by atoms with van der Waals surface area (Å²) in [5.41, 5.74) is -1.47. The van der Waals surface area contributed by atoms with E-state index in [-0.39, 0.29) is 41.2 Å². The summed E-state index contributed by atoms with van der Waals surface area (Å²) in [5, 5.41) is 0. The highest BCUT2D eigenvalue weighted by Crippen LogP contribution is 2.33. The van der Waals surface area contributed by atoms with Crippen LogP contribution in [0.4, 0.5) is 35.1 Å². The van der Waals surface area contributed by atoms with E-state index in [2.05, 4.69) is 14.9 Å². The molecule has 264 valence electrons. The summed E-state index contributed by atoms with van der Waals surface area (Å²) in [4.78, 5) is 46.8. The molecule has 0 spiro atoms. The van der Waals surface area contributed by atoms with Crippen molar-refractivity contribution in [2.45, 2.75) is 44.0 Å². The van der Waals surface area contributed by atoms with Crippen LogP contribution in [0.1, 0.15) is 68.2 Å². The molecular weight excluding hydrogens is 674 g/mol. The molecule has 3 heterocycles. The fraction of sp³-hybridized carbons (Fsp3) is 0.306. The number of carbonyl (C=O) groups is 3. The van der Waals surface area contributed by atoms with Gasteiger partial charge in [-0.3, -0.25) is 14.4 Å². The van der Waals surface area contributed by atoms with Crippen molar-refractivity contribution in [3.05, 3.63) is 130 Å². The van der Waals surface area contributed by atoms with Crippen LogP contribution in [0.3, 0.4) is 0 Å². The number of aromatic nitrogens is 2. The van der Waals surface area contributed by atoms with E-state index in [9.17, 15) is 49.5 Å². The normalized spacial score (nSPS) is 14.7. The van der Waals surface area contributed by atoms with Gasteiger partial charge in [0.15, 0.2) is 11.6 Å². The lowest BCUT2D eigenvalue weighted by Gasteiger charge is -2.29. The minimum Gasteiger partial charge on any atom is -0.306 e. The number of alkyl halides is 6. The lowest BCUT2D eigenvalue weighted by molar-refractivity contribution is -0.138. The van der Waals surface area contributed by atoms with E-state index in [1.54, 1.807) is 0 Å². The average Bonchev–Trinajstić information content (AvgIpc) is 3.07. The Bertz CT molecular complexity index is 1820. The standard InChI is InChI=1S/C22H22F4N2O2.C14H9F4NO/c1-28-9-6-14(7-10-28)19(29)13-18(15-5-8-27-20(23)12-15)21(30)16-3-2-4-17(11-16)22(24,25)26;15-13-7-9(4-5-19-13)6-12(20)10-2-1-3-11(8-10)14(16,17)18/h2-5,8,11-12,14,18H,6-7,9-10,13H2,1H3;1-5,7-8H,6H2. The van der Waals surface area contributed by atoms with E-state index in [0.717, 1.165) is 55.6 Å². The third-order valence-electron chi connectivity index (χ3n) is 8.19. The maximum atomic E-state index is 13.7. The van der Waals surface area contributed by atoms with Gasteiger partial charge in [-0.1, -0.05) is 24.3 Å². The molecule has 1 aliphatic rings. The Morgan fingerprint density at radius 2 is 1.30 bits per heavy atom. The van der Waals surface area contributed by atoms with Crippen LogP contribution < -0.4 is 0 Å². The first-order chi connectivity index (χ1) is 23.5. The summed E-state index contributed by atoms with van der Waals surface area (Å²) in [5.74, 6) is -4.14. The third-order valence-corrected chi connectivity index (χ3v) is 8.19. The van der Waals surface area contributed by atoms with Gasteiger partial charge in [0.2, 0.25) is 11.9 Å². The predicted octanol–water partition coefficient (Wildman–Crippen LogP) is 8.17. The number of piperidine rings is 1. The number of Topliss-reactive ketones (excluding diaryl/α,β-unsaturated/α-hetero) is 3. The molecule has 0 radical (unpaired) electrons. The number of benzene rings is 2. The zero-order valence-corrected chi connectivity index (χ0v) is 26.6. The molecule has 4 aromatic rings. The number of carbonyl (C=O) groups excluding carboxylic acids is 3. The van der Waals surface area contributed by atoms with E-state index in [4.69, 9.17) is 0 Å². The Hall–Kier alpha value is -4.85. The van der Waals surface area contributed by atoms with Gasteiger partial charge in [-0.2, -0.15) is 35.1 Å². The average molecular weight is 706 g/mol. The Balaban J connectivity index is 0.000000244. The maximum absolute atomic E-state index is 13.7. The first kappa shape index (κ1) is 38.0. The lowest BCUT2D eigenvalue weighted by atomic mass is 9.82. The number of hydrogen-bond donors (Lipinski definition) is 0. The summed E-state index contributed by atoms with van der Waals surface area (Å²) in [6, 6.07) is 13.2. The Morgan fingerprint density at radius 3 is 1.86 bits per heavy atom. The minimum absolute atomic E-state index is 0.0583. The van der Waals surface area contributed by atoms with Crippen LogP contribution in [0, 0.1) is 17.8 Å². The molecule has 14 heteroatoms. The fourth-order valence-corrected chi connectivity index (χ4v) is 5.45. The van der Waals surface area contributed by atoms with Gasteiger partial charge in [0.1, 0.15) is 5.78 Å². The van der Waals surface area contributed by atoms with Crippen LogP contribution in [0.2, 0.25) is 0 Å². The molecule has 2 aromatic carbocycles. The highest BCUT2D eigenvalue weighted by atomic mass is 19.4. The Labute approximate surface area is 282 Å². The van der Waals surface area contributed by atoms with Gasteiger partial charge in [0, 0.05) is 42.3 Å². The molecule has 1 unspecified atom stereocenters. The molecule has 1 aliphatic heterocycles. The second kappa shape index (κ2) is 16.2. The van der Waals surface area contributed by atoms with E-state index in [1.807, 2.05) is 7.05 Å². The zero-order chi connectivity index (χ0) is 36.6. The SMILES string of the molecule is CN1CCC(C(=O)CC(C(=O)c2cccc(C(F)(F)F)c2)c2ccnc(F)c2)CC1.O=C(Cc1ccnc(F)c1)c1cccc(C(F)(F)F)c1. The van der Waals surface area contributed by atoms with Crippen molar-refractivity contribution in [3.8, 4) is 0 Å². The Kier molecular flexibility index (Phi) is 12.3. The van der Waals surface area contributed by atoms with Crippen molar-refractivity contribution in [1.82, 2.24) is 14.9 Å². The number of nitrogens with zero attached hydrogens (tertiary/aromatic N) is 3. The molecule has 1 atom stereocenters. The molecular formula is C36H31F8N3O3. The summed E-state index contributed by atoms with van der Waals surface area (Å²) in [6.07, 6.45) is -5.78. The third kappa shape index (κ3) is 10.6. The molecule has 0 bridgehead atoms. The van der Waals surface area contributed by atoms with Crippen molar-refractivity contribution in [2.24, 2.45) is 5.92 Å². The van der Waals surface area contributed by atoms with Gasteiger partial charge in [-0.25, -0.2) is 9.97 Å². The van der Waals surface area contributed by atoms with Gasteiger partial charge in [-0.15, -0.1) is 0 Å². The zero-order valence-electron chi connectivity index (χ0n) is 26.6. The number of ketones is 3. The molecule has 1 saturated heterocycles. The molecule has 50 heavy (non-hydrogen) atoms. The highest BCUT2D eigenvalue weighted by molar-refractivity contribution is 6.03. The molecule has 5 rings (SSSR count). The van der Waals surface area contributed by atoms with Crippen LogP contribution in [-0.4, -0.2) is 52.4 Å². The van der Waals surface area contributed by atoms with Crippen LogP contribution in [-0.2, 0) is 23.6 Å². The van der Waals surface area contributed by atoms with Crippen LogP contribution in [0.25, 0.3) is 0 Å². The van der Waals surface area contributed by atoms with Crippen LogP contribution in [0.15, 0.2) is 85.2 Å². The van der Waals surface area contributed by atoms with Crippen molar-refractivity contribution in [3.63, 3.8) is 0 Å². The Morgan fingerprint density at radius 1 is 0.760 bits per heavy atom. The first-order valence-corrected chi connectivity index (χ1v) is 15.4. The van der Waals surface area contributed by atoms with Gasteiger partial charge < -0.3 is 4.90 Å². The second-order valence-corrected chi connectivity index (χ2v) is 11.8. The number of rotatable bonds is 9. The van der Waals surface area contributed by atoms with Crippen molar-refractivity contribution in [2.75, 3.05) is 20.1 Å². The monoisotopic (exact) mass is 705 g/mol. The summed E-state index contributed by atoms with van der Waals surface area (Å²) >= 11 is 0. The molecule has 6 nitrogen and oxygen atoms in total. The smallest absolute Gasteiger partial charge is 0.306 e. The van der Waals surface area contributed by atoms with Crippen molar-refractivity contribution < 1.29 is 49.5 Å². The van der Waals surface area contributed by atoms with Gasteiger partial charge in [-0.05, 0) is 92.6 Å². The number of halogens is 8. The topological polar surface area (TPSA) is 80.2 Å². The van der Waals surface area contributed by atoms with Crippen molar-refractivity contribution in [1.29, 1.82) is 0 Å². The summed E-state index contributed by atoms with van der Waals surface area (Å²) in [7, 11) is 1.96. The largest absolute Gasteiger partial charge is 0.416 e. The highest BCUT2D eigenvalue weighted by Gasteiger charge is 2.34. The molecule has 0 aliphatic carbocycles. The number of pyridine rings is 2. The van der Waals surface area contributed by atoms with Gasteiger partial charge >= 0.3 is 12.4 Å². The van der Waals surface area contributed by atoms with Crippen LogP contribution >= 0.6 is 0 Å². The number of likely N-dealkylation sites (tertiary alicyclic amines) is 1. The summed E-state index contributed by atoms with van der Waals surface area (Å²) in [6.45, 7) is 1.51. The van der Waals surface area contributed by atoms with Gasteiger partial charge in [0.25, 0.3) is 0 Å². The lowest BCUT2D eigenvalue weighted by Crippen LogP contribution is -2.34. The first-order valence-electron chi connectivity index (χ1n) is 15.4. The van der Waals surface area contributed by atoms with Crippen molar-refractivity contribution >= 4 is 17.3 Å². The predicted molar refractivity (Wildman–Crippen MR) is 166 cm³/mol. The second-order valence-electron chi connectivity index (χ2n) is 11.8. The molecule has 0 N–H and O–H groups in total. The fourth-order valence-electron chi connectivity index (χ4n) is 5.45. The van der Waals surface area contributed by atoms with E-state index in [1.165, 1.54) is 42.7 Å². The van der Waals surface area contributed by atoms with Crippen LogP contribution in [0.5, 0.6) is 0 Å². The summed E-state index contributed by atoms with van der Waals surface area (Å²) < 4.78 is 103.